The van der Waals surface area contributed by atoms with Crippen molar-refractivity contribution < 1.29 is 154 Å². The van der Waals surface area contributed by atoms with Crippen LogP contribution in [-0.4, -0.2) is 0 Å². The zero-order valence-corrected chi connectivity index (χ0v) is 18.6. The molecule has 0 heterocycles. The molecule has 0 aromatic rings. The van der Waals surface area contributed by atoms with Crippen LogP contribution in [0.2, 0.25) is 0 Å². The van der Waals surface area contributed by atoms with Gasteiger partial charge in [0.05, 0.1) is 0 Å². The van der Waals surface area contributed by atoms with Crippen molar-refractivity contribution in [2.24, 2.45) is 0 Å². The molecule has 0 aliphatic rings. The summed E-state index contributed by atoms with van der Waals surface area (Å²) in [6.07, 6.45) is 0. The molecule has 0 saturated heterocycles. The number of hydrogen-bond acceptors (Lipinski definition) is 4. The van der Waals surface area contributed by atoms with Crippen molar-refractivity contribution in [1.82, 2.24) is 0 Å². The summed E-state index contributed by atoms with van der Waals surface area (Å²) >= 11 is 17.5. The van der Waals surface area contributed by atoms with Crippen molar-refractivity contribution in [2.45, 2.75) is 0 Å². The minimum Gasteiger partial charge on any atom is -0.794 e. The molecule has 0 aromatic carbocycles. The van der Waals surface area contributed by atoms with Gasteiger partial charge in [0.25, 0.3) is 0 Å². The van der Waals surface area contributed by atoms with Gasteiger partial charge in [-0.1, -0.05) is 0 Å². The van der Waals surface area contributed by atoms with Crippen LogP contribution < -0.4 is 154 Å². The second-order valence-corrected chi connectivity index (χ2v) is 12.1. The van der Waals surface area contributed by atoms with Crippen LogP contribution in [0.25, 0.3) is 0 Å². The van der Waals surface area contributed by atoms with Gasteiger partial charge in [0.1, 0.15) is 0 Å². The van der Waals surface area contributed by atoms with E-state index in [4.69, 9.17) is 0 Å². The molecule has 0 bridgehead atoms. The minimum absolute atomic E-state index is 0. The van der Waals surface area contributed by atoms with E-state index in [0.717, 1.165) is 0 Å². The Morgan fingerprint density at radius 2 is 0.875 bits per heavy atom. The second kappa shape index (κ2) is 13.6. The third kappa shape index (κ3) is 38.9. The van der Waals surface area contributed by atoms with Crippen LogP contribution >= 0.6 is 3.64 Å². The van der Waals surface area contributed by atoms with Crippen molar-refractivity contribution in [1.29, 1.82) is 0 Å². The Kier molecular flexibility index (Phi) is 40.9. The van der Waals surface area contributed by atoms with E-state index in [9.17, 15) is 0 Å². The van der Waals surface area contributed by atoms with Gasteiger partial charge in [-0.25, -0.2) is 0 Å². The van der Waals surface area contributed by atoms with Crippen molar-refractivity contribution in [3.8, 4) is 0 Å². The first-order valence-corrected chi connectivity index (χ1v) is 6.57. The average molecular weight is 277 g/mol. The largest absolute Gasteiger partial charge is 1.00 e. The van der Waals surface area contributed by atoms with Crippen molar-refractivity contribution in [3.05, 3.63) is 0 Å². The summed E-state index contributed by atoms with van der Waals surface area (Å²) in [6, 6.07) is 0. The van der Waals surface area contributed by atoms with Gasteiger partial charge in [-0.05, 0) is 0 Å². The molecule has 0 nitrogen and oxygen atoms in total. The Morgan fingerprint density at radius 3 is 0.875 bits per heavy atom. The zero-order chi connectivity index (χ0) is 4.50. The second-order valence-electron chi connectivity index (χ2n) is 0.447. The van der Waals surface area contributed by atoms with E-state index < -0.39 is 3.64 Å². The zero-order valence-electron chi connectivity index (χ0n) is 5.08. The maximum absolute atomic E-state index is 4.38. The molecule has 0 amide bonds. The smallest absolute Gasteiger partial charge is 0.794 e. The molecule has 0 radical (unpaired) electrons. The third-order valence-electron chi connectivity index (χ3n) is 0. The predicted octanol–water partition coefficient (Wildman–Crippen LogP) is -8.14. The van der Waals surface area contributed by atoms with E-state index in [2.05, 4.69) is 48.6 Å². The molecule has 32 valence electrons. The standard InChI is InChI=1S/3K.H3PS4/c;;;2-1(3,4)5/h;;;(H3,2,3,4,5)/q3*+1;/p-3. The summed E-state index contributed by atoms with van der Waals surface area (Å²) < 4.78 is -2.06. The fourth-order valence-corrected chi connectivity index (χ4v) is 0. The van der Waals surface area contributed by atoms with Crippen LogP contribution in [0.15, 0.2) is 0 Å². The Balaban J connectivity index is -0.0000000267. The van der Waals surface area contributed by atoms with E-state index in [1.54, 1.807) is 0 Å². The van der Waals surface area contributed by atoms with Gasteiger partial charge in [0.15, 0.2) is 0 Å². The molecule has 0 aromatic heterocycles. The quantitative estimate of drug-likeness (QED) is 0.245. The van der Waals surface area contributed by atoms with Crippen molar-refractivity contribution in [2.75, 3.05) is 0 Å². The fourth-order valence-electron chi connectivity index (χ4n) is 0. The third-order valence-corrected chi connectivity index (χ3v) is 0. The Labute approximate surface area is 199 Å². The first kappa shape index (κ1) is 24.0. The van der Waals surface area contributed by atoms with E-state index in [0.29, 0.717) is 0 Å². The maximum atomic E-state index is 4.38. The molecule has 0 saturated carbocycles. The monoisotopic (exact) mass is 276 g/mol. The molecule has 0 N–H and O–H groups in total. The summed E-state index contributed by atoms with van der Waals surface area (Å²) in [5.74, 6) is 0. The van der Waals surface area contributed by atoms with Crippen molar-refractivity contribution in [3.63, 3.8) is 0 Å². The summed E-state index contributed by atoms with van der Waals surface area (Å²) in [6.45, 7) is 0. The average Bonchev–Trinajstić information content (AvgIpc) is 0.722. The van der Waals surface area contributed by atoms with Gasteiger partial charge < -0.3 is 40.4 Å². The molecule has 0 aliphatic carbocycles. The van der Waals surface area contributed by atoms with Gasteiger partial charge in [-0.3, -0.25) is 0 Å². The SMILES string of the molecule is S=P([S-])([S-])[S-].[K+].[K+].[K+]. The number of rotatable bonds is 0. The number of hydrogen-bond donors (Lipinski definition) is 0. The van der Waals surface area contributed by atoms with Gasteiger partial charge in [-0.2, -0.15) is 11.8 Å². The van der Waals surface area contributed by atoms with Gasteiger partial charge in [-0.15, -0.1) is 0 Å². The summed E-state index contributed by atoms with van der Waals surface area (Å²) in [7, 11) is 0. The Hall–Kier alpha value is 6.61. The van der Waals surface area contributed by atoms with Gasteiger partial charge in [0.2, 0.25) is 0 Å². The van der Waals surface area contributed by atoms with Crippen LogP contribution in [0.3, 0.4) is 0 Å². The molecular formula is K3PS4. The molecule has 0 fully saturated rings. The van der Waals surface area contributed by atoms with Gasteiger partial charge >= 0.3 is 154 Å². The van der Waals surface area contributed by atoms with Crippen LogP contribution in [-0.2, 0) is 48.6 Å². The first-order chi connectivity index (χ1) is 2.00. The predicted molar refractivity (Wildman–Crippen MR) is 36.4 cm³/mol. The van der Waals surface area contributed by atoms with Crippen LogP contribution in [0, 0.1) is 0 Å². The normalized spacial score (nSPS) is 7.38. The Morgan fingerprint density at radius 1 is 0.875 bits per heavy atom. The van der Waals surface area contributed by atoms with Crippen molar-refractivity contribution >= 4 is 52.2 Å². The first-order valence-electron chi connectivity index (χ1n) is 0.730. The fraction of sp³-hybridized carbons (Fsp3) is 0. The van der Waals surface area contributed by atoms with E-state index in [1.807, 2.05) is 0 Å². The molecule has 8 heteroatoms. The molecule has 0 rings (SSSR count). The maximum Gasteiger partial charge on any atom is 1.00 e. The van der Waals surface area contributed by atoms with Crippen LogP contribution in [0.5, 0.6) is 0 Å². The molecule has 0 atom stereocenters. The van der Waals surface area contributed by atoms with Crippen LogP contribution in [0.1, 0.15) is 0 Å². The van der Waals surface area contributed by atoms with E-state index in [1.165, 1.54) is 0 Å². The molecule has 0 aliphatic heterocycles. The summed E-state index contributed by atoms with van der Waals surface area (Å²) in [4.78, 5) is 0. The molecular weight excluding hydrogens is 277 g/mol. The summed E-state index contributed by atoms with van der Waals surface area (Å²) in [5.41, 5.74) is 0. The van der Waals surface area contributed by atoms with E-state index in [-0.39, 0.29) is 154 Å². The topological polar surface area (TPSA) is 0 Å². The van der Waals surface area contributed by atoms with E-state index >= 15 is 0 Å². The molecule has 8 heavy (non-hydrogen) atoms. The van der Waals surface area contributed by atoms with Crippen LogP contribution in [0.4, 0.5) is 0 Å². The Bertz CT molecular complexity index is 57.4. The molecule has 0 unspecified atom stereocenters. The minimum atomic E-state index is -2.06. The van der Waals surface area contributed by atoms with Gasteiger partial charge in [0, 0.05) is 0 Å². The summed E-state index contributed by atoms with van der Waals surface area (Å²) in [5, 5.41) is 0. The molecule has 0 spiro atoms.